The Morgan fingerprint density at radius 1 is 1.44 bits per heavy atom. The second-order valence-corrected chi connectivity index (χ2v) is 3.20. The van der Waals surface area contributed by atoms with E-state index >= 15 is 0 Å². The zero-order valence-electron chi connectivity index (χ0n) is 9.45. The molecule has 0 atom stereocenters. The Bertz CT molecular complexity index is 243. The molecule has 92 valence electrons. The maximum absolute atomic E-state index is 11.5. The smallest absolute Gasteiger partial charge is 0.289 e. The van der Waals surface area contributed by atoms with Crippen LogP contribution >= 0.6 is 0 Å². The molecule has 0 aliphatic carbocycles. The van der Waals surface area contributed by atoms with Crippen molar-refractivity contribution in [3.63, 3.8) is 0 Å². The number of amides is 1. The lowest BCUT2D eigenvalue weighted by Gasteiger charge is -2.15. The highest BCUT2D eigenvalue weighted by atomic mass is 16.6. The Morgan fingerprint density at radius 2 is 2.31 bits per heavy atom. The minimum Gasteiger partial charge on any atom is -0.494 e. The first-order valence-corrected chi connectivity index (χ1v) is 5.27. The van der Waals surface area contributed by atoms with Crippen LogP contribution in [-0.2, 0) is 19.0 Å². The molecule has 1 aliphatic heterocycles. The topological polar surface area (TPSA) is 68.8 Å². The lowest BCUT2D eigenvalue weighted by atomic mass is 10.4. The summed E-state index contributed by atoms with van der Waals surface area (Å²) in [6, 6.07) is 0. The number of rotatable bonds is 7. The minimum atomic E-state index is -0.242. The molecular formula is C10H18N2O4. The van der Waals surface area contributed by atoms with Gasteiger partial charge in [0.05, 0.1) is 6.61 Å². The van der Waals surface area contributed by atoms with Crippen molar-refractivity contribution >= 4 is 5.91 Å². The molecule has 6 nitrogen and oxygen atoms in total. The molecule has 0 bridgehead atoms. The zero-order chi connectivity index (χ0) is 11.6. The van der Waals surface area contributed by atoms with Crippen molar-refractivity contribution in [2.75, 3.05) is 46.6 Å². The summed E-state index contributed by atoms with van der Waals surface area (Å²) in [5.41, 5.74) is 0. The Hall–Kier alpha value is -1.27. The van der Waals surface area contributed by atoms with E-state index in [1.807, 2.05) is 0 Å². The highest BCUT2D eigenvalue weighted by Gasteiger charge is 2.13. The Balaban J connectivity index is 2.04. The van der Waals surface area contributed by atoms with E-state index < -0.39 is 0 Å². The second kappa shape index (κ2) is 7.95. The van der Waals surface area contributed by atoms with Gasteiger partial charge < -0.3 is 24.8 Å². The van der Waals surface area contributed by atoms with Crippen LogP contribution in [0.25, 0.3) is 0 Å². The second-order valence-electron chi connectivity index (χ2n) is 3.20. The zero-order valence-corrected chi connectivity index (χ0v) is 9.45. The van der Waals surface area contributed by atoms with Gasteiger partial charge in [0.2, 0.25) is 5.76 Å². The van der Waals surface area contributed by atoms with E-state index in [4.69, 9.17) is 14.2 Å². The van der Waals surface area contributed by atoms with Crippen LogP contribution in [0.15, 0.2) is 12.0 Å². The molecular weight excluding hydrogens is 212 g/mol. The number of nitrogens with one attached hydrogen (secondary N) is 2. The molecule has 1 heterocycles. The SMILES string of the molecule is COCCNCCNC(=O)C1=COCCO1. The molecule has 0 saturated carbocycles. The van der Waals surface area contributed by atoms with E-state index in [-0.39, 0.29) is 11.7 Å². The molecule has 2 N–H and O–H groups in total. The molecule has 0 unspecified atom stereocenters. The first-order valence-electron chi connectivity index (χ1n) is 5.27. The molecule has 0 saturated heterocycles. The predicted octanol–water partition coefficient (Wildman–Crippen LogP) is -0.773. The van der Waals surface area contributed by atoms with Gasteiger partial charge in [0.25, 0.3) is 5.91 Å². The molecule has 1 aliphatic rings. The average Bonchev–Trinajstić information content (AvgIpc) is 2.34. The van der Waals surface area contributed by atoms with Crippen molar-refractivity contribution in [3.8, 4) is 0 Å². The van der Waals surface area contributed by atoms with Crippen molar-refractivity contribution in [3.05, 3.63) is 12.0 Å². The third-order valence-corrected chi connectivity index (χ3v) is 1.94. The quantitative estimate of drug-likeness (QED) is 0.562. The number of hydrogen-bond acceptors (Lipinski definition) is 5. The van der Waals surface area contributed by atoms with Crippen molar-refractivity contribution in [2.24, 2.45) is 0 Å². The minimum absolute atomic E-state index is 0.239. The number of ether oxygens (including phenoxy) is 3. The fourth-order valence-electron chi connectivity index (χ4n) is 1.14. The Kier molecular flexibility index (Phi) is 6.36. The molecule has 16 heavy (non-hydrogen) atoms. The van der Waals surface area contributed by atoms with E-state index in [2.05, 4.69) is 10.6 Å². The number of carbonyl (C=O) groups excluding carboxylic acids is 1. The van der Waals surface area contributed by atoms with Gasteiger partial charge in [-0.2, -0.15) is 0 Å². The summed E-state index contributed by atoms with van der Waals surface area (Å²) in [5, 5.41) is 5.83. The summed E-state index contributed by atoms with van der Waals surface area (Å²) in [7, 11) is 1.65. The molecule has 0 radical (unpaired) electrons. The molecule has 0 aromatic heterocycles. The van der Waals surface area contributed by atoms with Crippen LogP contribution in [0.4, 0.5) is 0 Å². The van der Waals surface area contributed by atoms with Crippen LogP contribution in [0.3, 0.4) is 0 Å². The van der Waals surface area contributed by atoms with Crippen LogP contribution < -0.4 is 10.6 Å². The third kappa shape index (κ3) is 4.99. The molecule has 1 amide bonds. The first kappa shape index (κ1) is 12.8. The average molecular weight is 230 g/mol. The van der Waals surface area contributed by atoms with Crippen LogP contribution in [0.5, 0.6) is 0 Å². The standard InChI is InChI=1S/C10H18N2O4/c1-14-5-4-11-2-3-12-10(13)9-8-15-6-7-16-9/h8,11H,2-7H2,1H3,(H,12,13). The van der Waals surface area contributed by atoms with Crippen molar-refractivity contribution in [1.29, 1.82) is 0 Å². The van der Waals surface area contributed by atoms with Crippen LogP contribution in [0.2, 0.25) is 0 Å². The third-order valence-electron chi connectivity index (χ3n) is 1.94. The van der Waals surface area contributed by atoms with E-state index in [1.54, 1.807) is 7.11 Å². The summed E-state index contributed by atoms with van der Waals surface area (Å²) < 4.78 is 15.0. The number of carbonyl (C=O) groups is 1. The highest BCUT2D eigenvalue weighted by molar-refractivity contribution is 5.91. The lowest BCUT2D eigenvalue weighted by Crippen LogP contribution is -2.35. The van der Waals surface area contributed by atoms with Gasteiger partial charge in [0.1, 0.15) is 19.5 Å². The fraction of sp³-hybridized carbons (Fsp3) is 0.700. The fourth-order valence-corrected chi connectivity index (χ4v) is 1.14. The molecule has 0 spiro atoms. The first-order chi connectivity index (χ1) is 7.84. The molecule has 0 aromatic rings. The Labute approximate surface area is 94.9 Å². The molecule has 1 rings (SSSR count). The normalized spacial score (nSPS) is 14.7. The maximum atomic E-state index is 11.5. The maximum Gasteiger partial charge on any atom is 0.289 e. The summed E-state index contributed by atoms with van der Waals surface area (Å²) in [6.45, 7) is 3.60. The van der Waals surface area contributed by atoms with Crippen LogP contribution in [0, 0.1) is 0 Å². The van der Waals surface area contributed by atoms with E-state index in [0.29, 0.717) is 32.9 Å². The molecule has 0 aromatic carbocycles. The van der Waals surface area contributed by atoms with Gasteiger partial charge in [-0.3, -0.25) is 4.79 Å². The summed E-state index contributed by atoms with van der Waals surface area (Å²) in [4.78, 5) is 11.5. The largest absolute Gasteiger partial charge is 0.494 e. The van der Waals surface area contributed by atoms with Gasteiger partial charge in [0, 0.05) is 26.7 Å². The van der Waals surface area contributed by atoms with Crippen molar-refractivity contribution in [1.82, 2.24) is 10.6 Å². The summed E-state index contributed by atoms with van der Waals surface area (Å²) in [5.74, 6) is -0.00335. The molecule has 6 heteroatoms. The van der Waals surface area contributed by atoms with Crippen molar-refractivity contribution < 1.29 is 19.0 Å². The Morgan fingerprint density at radius 3 is 3.00 bits per heavy atom. The van der Waals surface area contributed by atoms with Crippen LogP contribution in [0.1, 0.15) is 0 Å². The van der Waals surface area contributed by atoms with Crippen molar-refractivity contribution in [2.45, 2.75) is 0 Å². The monoisotopic (exact) mass is 230 g/mol. The van der Waals surface area contributed by atoms with E-state index in [0.717, 1.165) is 6.54 Å². The predicted molar refractivity (Wildman–Crippen MR) is 57.7 cm³/mol. The van der Waals surface area contributed by atoms with Gasteiger partial charge in [-0.25, -0.2) is 0 Å². The van der Waals surface area contributed by atoms with Crippen LogP contribution in [-0.4, -0.2) is 52.5 Å². The van der Waals surface area contributed by atoms with Gasteiger partial charge in [0.15, 0.2) is 0 Å². The lowest BCUT2D eigenvalue weighted by molar-refractivity contribution is -0.122. The van der Waals surface area contributed by atoms with Gasteiger partial charge in [-0.05, 0) is 0 Å². The summed E-state index contributed by atoms with van der Waals surface area (Å²) >= 11 is 0. The number of methoxy groups -OCH3 is 1. The van der Waals surface area contributed by atoms with Gasteiger partial charge in [-0.1, -0.05) is 0 Å². The van der Waals surface area contributed by atoms with Gasteiger partial charge >= 0.3 is 0 Å². The highest BCUT2D eigenvalue weighted by Crippen LogP contribution is 2.03. The summed E-state index contributed by atoms with van der Waals surface area (Å²) in [6.07, 6.45) is 1.34. The van der Waals surface area contributed by atoms with E-state index in [9.17, 15) is 4.79 Å². The van der Waals surface area contributed by atoms with Gasteiger partial charge in [-0.15, -0.1) is 0 Å². The molecule has 0 fully saturated rings. The number of hydrogen-bond donors (Lipinski definition) is 2. The van der Waals surface area contributed by atoms with E-state index in [1.165, 1.54) is 6.26 Å².